The fraction of sp³-hybridized carbons (Fsp3) is 0.350. The molecule has 11 heteroatoms. The first-order chi connectivity index (χ1) is 15.2. The molecular weight excluding hydrogens is 416 g/mol. The van der Waals surface area contributed by atoms with Crippen LogP contribution in [0.1, 0.15) is 24.0 Å². The first kappa shape index (κ1) is 19.4. The summed E-state index contributed by atoms with van der Waals surface area (Å²) < 4.78 is 1.54. The van der Waals surface area contributed by atoms with Crippen molar-refractivity contribution < 1.29 is 0 Å². The summed E-state index contributed by atoms with van der Waals surface area (Å²) in [6, 6.07) is 8.10. The Labute approximate surface area is 183 Å². The van der Waals surface area contributed by atoms with Crippen molar-refractivity contribution in [3.63, 3.8) is 0 Å². The number of fused-ring (bicyclic) bond motifs is 1. The van der Waals surface area contributed by atoms with Crippen molar-refractivity contribution in [3.05, 3.63) is 40.8 Å². The number of hydrogen-bond donors (Lipinski definition) is 2. The highest BCUT2D eigenvalue weighted by atomic mass is 35.5. The third kappa shape index (κ3) is 3.56. The fourth-order valence-electron chi connectivity index (χ4n) is 3.70. The van der Waals surface area contributed by atoms with Gasteiger partial charge in [-0.2, -0.15) is 25.1 Å². The van der Waals surface area contributed by atoms with E-state index in [9.17, 15) is 10.5 Å². The number of aromatic nitrogens is 4. The highest BCUT2D eigenvalue weighted by Gasteiger charge is 2.33. The van der Waals surface area contributed by atoms with Gasteiger partial charge in [0.15, 0.2) is 5.65 Å². The lowest BCUT2D eigenvalue weighted by atomic mass is 10.1. The summed E-state index contributed by atoms with van der Waals surface area (Å²) in [5, 5.41) is 29.0. The minimum Gasteiger partial charge on any atom is -0.368 e. The van der Waals surface area contributed by atoms with E-state index in [0.29, 0.717) is 33.4 Å². The van der Waals surface area contributed by atoms with Gasteiger partial charge >= 0.3 is 0 Å². The first-order valence-corrected chi connectivity index (χ1v) is 10.4. The second-order valence-corrected chi connectivity index (χ2v) is 7.88. The van der Waals surface area contributed by atoms with Gasteiger partial charge in [0.2, 0.25) is 5.95 Å². The number of nitrogens with one attached hydrogen (secondary N) is 2. The van der Waals surface area contributed by atoms with Gasteiger partial charge in [0, 0.05) is 26.2 Å². The van der Waals surface area contributed by atoms with Gasteiger partial charge in [0.05, 0.1) is 40.3 Å². The van der Waals surface area contributed by atoms with E-state index in [1.807, 2.05) is 11.1 Å². The van der Waals surface area contributed by atoms with E-state index < -0.39 is 0 Å². The van der Waals surface area contributed by atoms with E-state index in [1.165, 1.54) is 12.5 Å². The Balaban J connectivity index is 1.55. The summed E-state index contributed by atoms with van der Waals surface area (Å²) in [4.78, 5) is 10.8. The van der Waals surface area contributed by atoms with Crippen LogP contribution in [0.5, 0.6) is 0 Å². The van der Waals surface area contributed by atoms with Crippen LogP contribution in [-0.2, 0) is 0 Å². The molecule has 31 heavy (non-hydrogen) atoms. The van der Waals surface area contributed by atoms with Gasteiger partial charge in [-0.15, -0.1) is 0 Å². The molecule has 1 aliphatic heterocycles. The Bertz CT molecular complexity index is 1210. The van der Waals surface area contributed by atoms with E-state index in [1.54, 1.807) is 10.6 Å². The maximum atomic E-state index is 9.59. The van der Waals surface area contributed by atoms with Crippen molar-refractivity contribution in [2.75, 3.05) is 41.5 Å². The monoisotopic (exact) mass is 434 g/mol. The average molecular weight is 435 g/mol. The van der Waals surface area contributed by atoms with Gasteiger partial charge in [0.25, 0.3) is 0 Å². The molecule has 0 radical (unpaired) electrons. The van der Waals surface area contributed by atoms with Gasteiger partial charge in [-0.3, -0.25) is 10.4 Å². The van der Waals surface area contributed by atoms with Crippen molar-refractivity contribution in [3.8, 4) is 12.1 Å². The molecule has 0 unspecified atom stereocenters. The zero-order chi connectivity index (χ0) is 21.4. The van der Waals surface area contributed by atoms with E-state index >= 15 is 0 Å². The number of piperazine rings is 1. The first-order valence-electron chi connectivity index (χ1n) is 10.0. The van der Waals surface area contributed by atoms with Gasteiger partial charge in [-0.1, -0.05) is 11.6 Å². The number of benzene rings is 1. The number of anilines is 3. The normalized spacial score (nSPS) is 16.0. The van der Waals surface area contributed by atoms with E-state index in [4.69, 9.17) is 11.6 Å². The molecular formula is C20H19ClN10. The summed E-state index contributed by atoms with van der Waals surface area (Å²) in [7, 11) is 0. The van der Waals surface area contributed by atoms with E-state index in [2.05, 4.69) is 42.8 Å². The number of halogens is 1. The minimum atomic E-state index is 0.192. The van der Waals surface area contributed by atoms with E-state index in [0.717, 1.165) is 44.7 Å². The molecule has 10 nitrogen and oxygen atoms in total. The molecule has 3 aromatic rings. The predicted octanol–water partition coefficient (Wildman–Crippen LogP) is 1.93. The Morgan fingerprint density at radius 3 is 2.68 bits per heavy atom. The molecule has 1 aliphatic carbocycles. The van der Waals surface area contributed by atoms with Crippen LogP contribution in [0.2, 0.25) is 5.02 Å². The Kier molecular flexibility index (Phi) is 4.94. The number of nitriles is 2. The van der Waals surface area contributed by atoms with Crippen LogP contribution in [0.4, 0.5) is 17.3 Å². The molecule has 1 aromatic carbocycles. The average Bonchev–Trinajstić information content (AvgIpc) is 3.57. The van der Waals surface area contributed by atoms with Gasteiger partial charge in [0.1, 0.15) is 18.0 Å². The highest BCUT2D eigenvalue weighted by molar-refractivity contribution is 6.36. The number of rotatable bonds is 5. The summed E-state index contributed by atoms with van der Waals surface area (Å²) in [6.07, 6.45) is 4.85. The number of hydrazine groups is 1. The predicted molar refractivity (Wildman–Crippen MR) is 116 cm³/mol. The van der Waals surface area contributed by atoms with Crippen LogP contribution < -0.4 is 20.7 Å². The SMILES string of the molecule is N#Cc1cc(NN(c2ncnc3c(C#N)cnn23)C2CC2)c(Cl)c(N2CCNCC2)c1. The standard InChI is InChI=1S/C20H19ClN10/c21-18-16(7-13(9-22)8-17(18)29-5-3-24-4-6-29)28-30(15-1-2-15)20-26-12-25-19-14(10-23)11-27-31(19)20/h7-8,11-12,15,24,28H,1-6H2. The van der Waals surface area contributed by atoms with Crippen molar-refractivity contribution in [1.82, 2.24) is 24.9 Å². The summed E-state index contributed by atoms with van der Waals surface area (Å²) in [6.45, 7) is 3.36. The fourth-order valence-corrected chi connectivity index (χ4v) is 3.97. The molecule has 0 spiro atoms. The van der Waals surface area contributed by atoms with Gasteiger partial charge < -0.3 is 10.2 Å². The Morgan fingerprint density at radius 2 is 1.97 bits per heavy atom. The zero-order valence-electron chi connectivity index (χ0n) is 16.6. The van der Waals surface area contributed by atoms with Crippen LogP contribution in [0, 0.1) is 22.7 Å². The Hall–Kier alpha value is -3.60. The molecule has 0 bridgehead atoms. The molecule has 1 saturated heterocycles. The molecule has 2 aromatic heterocycles. The van der Waals surface area contributed by atoms with Crippen molar-refractivity contribution >= 4 is 34.6 Å². The molecule has 2 aliphatic rings. The van der Waals surface area contributed by atoms with Crippen LogP contribution in [0.25, 0.3) is 5.65 Å². The lowest BCUT2D eigenvalue weighted by Gasteiger charge is -2.32. The topological polar surface area (TPSA) is 121 Å². The van der Waals surface area contributed by atoms with Crippen LogP contribution in [-0.4, -0.2) is 51.8 Å². The molecule has 0 amide bonds. The number of nitrogens with zero attached hydrogens (tertiary/aromatic N) is 8. The third-order valence-electron chi connectivity index (χ3n) is 5.42. The van der Waals surface area contributed by atoms with E-state index in [-0.39, 0.29) is 6.04 Å². The van der Waals surface area contributed by atoms with Crippen LogP contribution in [0.3, 0.4) is 0 Å². The van der Waals surface area contributed by atoms with Crippen LogP contribution >= 0.6 is 11.6 Å². The Morgan fingerprint density at radius 1 is 1.16 bits per heavy atom. The lowest BCUT2D eigenvalue weighted by Crippen LogP contribution is -2.43. The summed E-state index contributed by atoms with van der Waals surface area (Å²) in [5.41, 5.74) is 6.18. The second kappa shape index (κ2) is 7.91. The highest BCUT2D eigenvalue weighted by Crippen LogP contribution is 2.38. The van der Waals surface area contributed by atoms with Crippen molar-refractivity contribution in [2.24, 2.45) is 0 Å². The quantitative estimate of drug-likeness (QED) is 0.580. The largest absolute Gasteiger partial charge is 0.368 e. The molecule has 0 atom stereocenters. The summed E-state index contributed by atoms with van der Waals surface area (Å²) in [5.74, 6) is 0.510. The molecule has 5 rings (SSSR count). The summed E-state index contributed by atoms with van der Waals surface area (Å²) >= 11 is 6.81. The minimum absolute atomic E-state index is 0.192. The smallest absolute Gasteiger partial charge is 0.249 e. The molecule has 2 fully saturated rings. The molecule has 1 saturated carbocycles. The molecule has 3 heterocycles. The molecule has 156 valence electrons. The zero-order valence-corrected chi connectivity index (χ0v) is 17.3. The lowest BCUT2D eigenvalue weighted by molar-refractivity contribution is 0.589. The van der Waals surface area contributed by atoms with Crippen LogP contribution in [0.15, 0.2) is 24.7 Å². The molecule has 2 N–H and O–H groups in total. The van der Waals surface area contributed by atoms with Gasteiger partial charge in [-0.25, -0.2) is 4.98 Å². The van der Waals surface area contributed by atoms with Crippen molar-refractivity contribution in [1.29, 1.82) is 10.5 Å². The third-order valence-corrected chi connectivity index (χ3v) is 5.81. The second-order valence-electron chi connectivity index (χ2n) is 7.50. The number of hydrogen-bond acceptors (Lipinski definition) is 9. The maximum absolute atomic E-state index is 9.59. The van der Waals surface area contributed by atoms with Gasteiger partial charge in [-0.05, 0) is 25.0 Å². The van der Waals surface area contributed by atoms with Crippen molar-refractivity contribution in [2.45, 2.75) is 18.9 Å². The maximum Gasteiger partial charge on any atom is 0.249 e.